The highest BCUT2D eigenvalue weighted by Gasteiger charge is 2.21. The number of nitrogens with one attached hydrogen (secondary N) is 1. The smallest absolute Gasteiger partial charge is 0.327 e. The Bertz CT molecular complexity index is 525. The van der Waals surface area contributed by atoms with E-state index < -0.39 is 23.7 Å². The van der Waals surface area contributed by atoms with Gasteiger partial charge >= 0.3 is 5.97 Å². The van der Waals surface area contributed by atoms with Crippen LogP contribution in [0.1, 0.15) is 16.8 Å². The number of hydrogen-bond donors (Lipinski definition) is 2. The van der Waals surface area contributed by atoms with Crippen molar-refractivity contribution in [3.8, 4) is 12.3 Å². The maximum absolute atomic E-state index is 13.2. The van der Waals surface area contributed by atoms with Crippen molar-refractivity contribution < 1.29 is 19.1 Å². The minimum atomic E-state index is -1.24. The summed E-state index contributed by atoms with van der Waals surface area (Å²) in [5.74, 6) is -0.401. The fraction of sp³-hybridized carbons (Fsp3) is 0.167. The van der Waals surface area contributed by atoms with Crippen LogP contribution in [-0.2, 0) is 4.79 Å². The predicted molar refractivity (Wildman–Crippen MR) is 66.4 cm³/mol. The first-order chi connectivity index (χ1) is 8.47. The minimum Gasteiger partial charge on any atom is -0.480 e. The molecule has 94 valence electrons. The van der Waals surface area contributed by atoms with Gasteiger partial charge in [0.15, 0.2) is 0 Å². The third kappa shape index (κ3) is 3.31. The Morgan fingerprint density at radius 2 is 2.22 bits per heavy atom. The summed E-state index contributed by atoms with van der Waals surface area (Å²) in [5, 5.41) is 11.1. The second-order valence-electron chi connectivity index (χ2n) is 3.37. The fourth-order valence-electron chi connectivity index (χ4n) is 1.23. The van der Waals surface area contributed by atoms with Crippen molar-refractivity contribution in [1.29, 1.82) is 0 Å². The fourth-order valence-corrected chi connectivity index (χ4v) is 1.68. The first-order valence-corrected chi connectivity index (χ1v) is 5.67. The van der Waals surface area contributed by atoms with Gasteiger partial charge in [-0.15, -0.1) is 12.3 Å². The Labute approximate surface area is 111 Å². The first-order valence-electron chi connectivity index (χ1n) is 4.88. The van der Waals surface area contributed by atoms with Gasteiger partial charge in [0.2, 0.25) is 0 Å². The number of carbonyl (C=O) groups is 2. The molecule has 1 amide bonds. The van der Waals surface area contributed by atoms with Crippen molar-refractivity contribution in [3.63, 3.8) is 0 Å². The van der Waals surface area contributed by atoms with Gasteiger partial charge in [-0.2, -0.15) is 0 Å². The van der Waals surface area contributed by atoms with Crippen LogP contribution in [0.5, 0.6) is 0 Å². The summed E-state index contributed by atoms with van der Waals surface area (Å²) in [6.07, 6.45) is 4.86. The zero-order valence-corrected chi connectivity index (χ0v) is 10.7. The van der Waals surface area contributed by atoms with Gasteiger partial charge < -0.3 is 10.4 Å². The van der Waals surface area contributed by atoms with Gasteiger partial charge in [0.1, 0.15) is 11.9 Å². The summed E-state index contributed by atoms with van der Waals surface area (Å²) in [6.45, 7) is 0. The third-order valence-electron chi connectivity index (χ3n) is 2.12. The summed E-state index contributed by atoms with van der Waals surface area (Å²) in [6, 6.07) is 2.71. The van der Waals surface area contributed by atoms with Crippen molar-refractivity contribution in [3.05, 3.63) is 34.1 Å². The molecule has 0 spiro atoms. The molecular weight excluding hydrogens is 305 g/mol. The highest BCUT2D eigenvalue weighted by atomic mass is 79.9. The molecule has 2 N–H and O–H groups in total. The van der Waals surface area contributed by atoms with Crippen molar-refractivity contribution in [2.75, 3.05) is 0 Å². The Morgan fingerprint density at radius 1 is 1.56 bits per heavy atom. The van der Waals surface area contributed by atoms with Gasteiger partial charge in [0, 0.05) is 6.42 Å². The van der Waals surface area contributed by atoms with Gasteiger partial charge in [-0.05, 0) is 28.1 Å². The van der Waals surface area contributed by atoms with E-state index in [-0.39, 0.29) is 16.5 Å². The van der Waals surface area contributed by atoms with Crippen LogP contribution in [0, 0.1) is 18.2 Å². The van der Waals surface area contributed by atoms with Crippen LogP contribution < -0.4 is 5.32 Å². The predicted octanol–water partition coefficient (Wildman–Crippen LogP) is 1.79. The largest absolute Gasteiger partial charge is 0.480 e. The molecule has 0 aliphatic carbocycles. The number of hydrogen-bond acceptors (Lipinski definition) is 2. The van der Waals surface area contributed by atoms with E-state index in [0.717, 1.165) is 0 Å². The average Bonchev–Trinajstić information content (AvgIpc) is 2.31. The van der Waals surface area contributed by atoms with E-state index in [9.17, 15) is 14.0 Å². The number of halogens is 2. The van der Waals surface area contributed by atoms with E-state index in [1.807, 2.05) is 0 Å². The highest BCUT2D eigenvalue weighted by molar-refractivity contribution is 9.10. The molecule has 6 heteroatoms. The summed E-state index contributed by atoms with van der Waals surface area (Å²) in [4.78, 5) is 22.6. The first kappa shape index (κ1) is 14.2. The lowest BCUT2D eigenvalue weighted by Gasteiger charge is -2.12. The van der Waals surface area contributed by atoms with Crippen LogP contribution in [0.3, 0.4) is 0 Å². The van der Waals surface area contributed by atoms with E-state index in [1.165, 1.54) is 18.2 Å². The molecular formula is C12H9BrFNO3. The molecule has 4 nitrogen and oxygen atoms in total. The van der Waals surface area contributed by atoms with Gasteiger partial charge in [0.25, 0.3) is 5.91 Å². The second-order valence-corrected chi connectivity index (χ2v) is 4.17. The summed E-state index contributed by atoms with van der Waals surface area (Å²) >= 11 is 2.92. The van der Waals surface area contributed by atoms with Crippen LogP contribution in [0.25, 0.3) is 0 Å². The zero-order chi connectivity index (χ0) is 13.7. The van der Waals surface area contributed by atoms with Crippen molar-refractivity contribution >= 4 is 27.8 Å². The molecule has 0 radical (unpaired) electrons. The summed E-state index contributed by atoms with van der Waals surface area (Å²) in [5.41, 5.74) is 0.0123. The van der Waals surface area contributed by atoms with Gasteiger partial charge in [-0.3, -0.25) is 4.79 Å². The van der Waals surface area contributed by atoms with Crippen LogP contribution in [0.2, 0.25) is 0 Å². The Hall–Kier alpha value is -1.87. The number of terminal acetylenes is 1. The normalized spacial score (nSPS) is 11.4. The Morgan fingerprint density at radius 3 is 2.78 bits per heavy atom. The molecule has 18 heavy (non-hydrogen) atoms. The molecule has 0 heterocycles. The summed E-state index contributed by atoms with van der Waals surface area (Å²) < 4.78 is 13.2. The summed E-state index contributed by atoms with van der Waals surface area (Å²) in [7, 11) is 0. The second kappa shape index (κ2) is 6.17. The van der Waals surface area contributed by atoms with Crippen LogP contribution in [0.15, 0.2) is 22.7 Å². The molecule has 0 aliphatic rings. The molecule has 0 aromatic heterocycles. The van der Waals surface area contributed by atoms with E-state index in [0.29, 0.717) is 0 Å². The number of carbonyl (C=O) groups excluding carboxylic acids is 1. The standard InChI is InChI=1S/C12H9BrFNO3/c1-2-4-9(12(17)18)15-11(16)7-5-3-6-8(14)10(7)13/h1,3,5-6,9H,4H2,(H,15,16)(H,17,18). The number of carboxylic acids is 1. The van der Waals surface area contributed by atoms with E-state index in [4.69, 9.17) is 11.5 Å². The van der Waals surface area contributed by atoms with E-state index in [2.05, 4.69) is 27.2 Å². The van der Waals surface area contributed by atoms with Gasteiger partial charge in [-0.1, -0.05) is 6.07 Å². The minimum absolute atomic E-state index is 0.0123. The maximum atomic E-state index is 13.2. The van der Waals surface area contributed by atoms with Crippen LogP contribution >= 0.6 is 15.9 Å². The molecule has 1 aromatic rings. The monoisotopic (exact) mass is 313 g/mol. The molecule has 1 aromatic carbocycles. The molecule has 0 saturated carbocycles. The van der Waals surface area contributed by atoms with Crippen LogP contribution in [0.4, 0.5) is 4.39 Å². The zero-order valence-electron chi connectivity index (χ0n) is 9.11. The molecule has 1 rings (SSSR count). The molecule has 0 saturated heterocycles. The number of aliphatic carboxylic acids is 1. The van der Waals surface area contributed by atoms with E-state index in [1.54, 1.807) is 0 Å². The number of amides is 1. The van der Waals surface area contributed by atoms with Crippen molar-refractivity contribution in [2.24, 2.45) is 0 Å². The molecule has 1 atom stereocenters. The van der Waals surface area contributed by atoms with Gasteiger partial charge in [-0.25, -0.2) is 9.18 Å². The molecule has 0 bridgehead atoms. The van der Waals surface area contributed by atoms with Crippen LogP contribution in [-0.4, -0.2) is 23.0 Å². The Balaban J connectivity index is 2.91. The SMILES string of the molecule is C#CCC(NC(=O)c1cccc(F)c1Br)C(=O)O. The lowest BCUT2D eigenvalue weighted by atomic mass is 10.1. The quantitative estimate of drug-likeness (QED) is 0.833. The lowest BCUT2D eigenvalue weighted by Crippen LogP contribution is -2.40. The van der Waals surface area contributed by atoms with E-state index >= 15 is 0 Å². The third-order valence-corrected chi connectivity index (χ3v) is 2.93. The topological polar surface area (TPSA) is 66.4 Å². The molecule has 1 unspecified atom stereocenters. The maximum Gasteiger partial charge on any atom is 0.327 e. The number of benzene rings is 1. The van der Waals surface area contributed by atoms with Crippen molar-refractivity contribution in [2.45, 2.75) is 12.5 Å². The number of rotatable bonds is 4. The highest BCUT2D eigenvalue weighted by Crippen LogP contribution is 2.20. The number of carboxylic acid groups (broad SMARTS) is 1. The Kier molecular flexibility index (Phi) is 4.86. The van der Waals surface area contributed by atoms with Crippen molar-refractivity contribution in [1.82, 2.24) is 5.32 Å². The molecule has 0 fully saturated rings. The lowest BCUT2D eigenvalue weighted by molar-refractivity contribution is -0.139. The average molecular weight is 314 g/mol. The molecule has 0 aliphatic heterocycles. The van der Waals surface area contributed by atoms with Gasteiger partial charge in [0.05, 0.1) is 10.0 Å².